The third-order valence-electron chi connectivity index (χ3n) is 6.51. The second-order valence-electron chi connectivity index (χ2n) is 8.60. The molecule has 0 aromatic heterocycles. The van der Waals surface area contributed by atoms with Crippen LogP contribution in [0.25, 0.3) is 5.76 Å². The highest BCUT2D eigenvalue weighted by atomic mass is 16.5. The number of Topliss-reactive ketones (excluding diaryl/α,β-unsaturated/α-hetero) is 1. The van der Waals surface area contributed by atoms with Crippen molar-refractivity contribution in [2.45, 2.75) is 19.9 Å². The van der Waals surface area contributed by atoms with Crippen molar-refractivity contribution in [3.8, 4) is 23.0 Å². The number of aliphatic hydroxyl groups is 1. The van der Waals surface area contributed by atoms with Crippen LogP contribution in [-0.2, 0) is 9.59 Å². The maximum Gasteiger partial charge on any atom is 0.300 e. The molecule has 3 aromatic rings. The van der Waals surface area contributed by atoms with Crippen molar-refractivity contribution in [1.82, 2.24) is 0 Å². The van der Waals surface area contributed by atoms with Crippen LogP contribution in [-0.4, -0.2) is 45.2 Å². The Morgan fingerprint density at radius 2 is 1.46 bits per heavy atom. The summed E-state index contributed by atoms with van der Waals surface area (Å²) >= 11 is 0. The number of hydrogen-bond donors (Lipinski definition) is 1. The Bertz CT molecular complexity index is 1380. The highest BCUT2D eigenvalue weighted by Gasteiger charge is 2.48. The van der Waals surface area contributed by atoms with Gasteiger partial charge in [0.1, 0.15) is 11.5 Å². The molecule has 0 saturated carbocycles. The molecule has 37 heavy (non-hydrogen) atoms. The number of nitrogens with zero attached hydrogens (tertiary/aromatic N) is 1. The third kappa shape index (κ3) is 4.35. The van der Waals surface area contributed by atoms with Gasteiger partial charge in [0, 0.05) is 11.3 Å². The van der Waals surface area contributed by atoms with Crippen LogP contribution in [0.1, 0.15) is 28.3 Å². The molecule has 4 rings (SSSR count). The molecule has 1 aliphatic heterocycles. The Balaban J connectivity index is 2.04. The Hall–Kier alpha value is -4.46. The van der Waals surface area contributed by atoms with E-state index in [1.807, 2.05) is 19.1 Å². The maximum atomic E-state index is 13.5. The van der Waals surface area contributed by atoms with E-state index >= 15 is 0 Å². The van der Waals surface area contributed by atoms with E-state index in [1.165, 1.54) is 26.2 Å². The number of benzene rings is 3. The molecule has 1 fully saturated rings. The Morgan fingerprint density at radius 1 is 0.811 bits per heavy atom. The lowest BCUT2D eigenvalue weighted by atomic mass is 9.93. The summed E-state index contributed by atoms with van der Waals surface area (Å²) in [4.78, 5) is 28.5. The van der Waals surface area contributed by atoms with Crippen molar-refractivity contribution >= 4 is 23.1 Å². The number of ketones is 1. The summed E-state index contributed by atoms with van der Waals surface area (Å²) in [5.74, 6) is -0.146. The first-order valence-corrected chi connectivity index (χ1v) is 11.6. The fraction of sp³-hybridized carbons (Fsp3) is 0.241. The monoisotopic (exact) mass is 503 g/mol. The van der Waals surface area contributed by atoms with Crippen LogP contribution in [0.3, 0.4) is 0 Å². The number of ether oxygens (including phenoxy) is 4. The van der Waals surface area contributed by atoms with Gasteiger partial charge in [0.25, 0.3) is 11.7 Å². The lowest BCUT2D eigenvalue weighted by molar-refractivity contribution is -0.132. The average molecular weight is 504 g/mol. The van der Waals surface area contributed by atoms with Gasteiger partial charge in [-0.15, -0.1) is 0 Å². The second kappa shape index (κ2) is 10.3. The molecule has 0 spiro atoms. The highest BCUT2D eigenvalue weighted by molar-refractivity contribution is 6.51. The second-order valence-corrected chi connectivity index (χ2v) is 8.60. The molecule has 0 aliphatic carbocycles. The molecule has 0 bridgehead atoms. The number of para-hydroxylation sites is 1. The number of aryl methyl sites for hydroxylation is 2. The van der Waals surface area contributed by atoms with E-state index in [0.29, 0.717) is 45.4 Å². The van der Waals surface area contributed by atoms with E-state index in [-0.39, 0.29) is 11.3 Å². The first kappa shape index (κ1) is 25.6. The molecule has 1 heterocycles. The van der Waals surface area contributed by atoms with Crippen LogP contribution >= 0.6 is 0 Å². The fourth-order valence-electron chi connectivity index (χ4n) is 4.66. The average Bonchev–Trinajstić information content (AvgIpc) is 3.17. The van der Waals surface area contributed by atoms with Crippen LogP contribution in [0.15, 0.2) is 60.2 Å². The smallest absolute Gasteiger partial charge is 0.300 e. The van der Waals surface area contributed by atoms with Crippen LogP contribution in [0, 0.1) is 13.8 Å². The molecular formula is C29H29NO7. The van der Waals surface area contributed by atoms with Crippen LogP contribution in [0.4, 0.5) is 5.69 Å². The van der Waals surface area contributed by atoms with Gasteiger partial charge in [-0.2, -0.15) is 0 Å². The zero-order valence-corrected chi connectivity index (χ0v) is 21.6. The zero-order valence-electron chi connectivity index (χ0n) is 21.6. The van der Waals surface area contributed by atoms with Crippen molar-refractivity contribution in [2.24, 2.45) is 0 Å². The summed E-state index contributed by atoms with van der Waals surface area (Å²) < 4.78 is 21.8. The Morgan fingerprint density at radius 3 is 2.00 bits per heavy atom. The summed E-state index contributed by atoms with van der Waals surface area (Å²) in [5.41, 5.74) is 2.90. The topological polar surface area (TPSA) is 94.5 Å². The Kier molecular flexibility index (Phi) is 7.11. The van der Waals surface area contributed by atoms with Crippen molar-refractivity contribution in [2.75, 3.05) is 33.3 Å². The van der Waals surface area contributed by atoms with Gasteiger partial charge in [-0.1, -0.05) is 18.2 Å². The largest absolute Gasteiger partial charge is 0.507 e. The van der Waals surface area contributed by atoms with E-state index in [2.05, 4.69) is 0 Å². The van der Waals surface area contributed by atoms with E-state index in [0.717, 1.165) is 5.56 Å². The number of carbonyl (C=O) groups is 2. The summed E-state index contributed by atoms with van der Waals surface area (Å²) in [6, 6.07) is 14.8. The van der Waals surface area contributed by atoms with Gasteiger partial charge in [0.15, 0.2) is 11.5 Å². The van der Waals surface area contributed by atoms with E-state index < -0.39 is 17.7 Å². The molecule has 3 aromatic carbocycles. The molecule has 8 heteroatoms. The minimum atomic E-state index is -0.962. The summed E-state index contributed by atoms with van der Waals surface area (Å²) in [5, 5.41) is 11.5. The maximum absolute atomic E-state index is 13.5. The minimum Gasteiger partial charge on any atom is -0.507 e. The Labute approximate surface area is 215 Å². The minimum absolute atomic E-state index is 0.0456. The van der Waals surface area contributed by atoms with Gasteiger partial charge >= 0.3 is 0 Å². The first-order chi connectivity index (χ1) is 17.8. The van der Waals surface area contributed by atoms with Gasteiger partial charge < -0.3 is 24.1 Å². The summed E-state index contributed by atoms with van der Waals surface area (Å²) in [7, 11) is 6.01. The van der Waals surface area contributed by atoms with E-state index in [4.69, 9.17) is 18.9 Å². The normalized spacial score (nSPS) is 16.6. The lowest BCUT2D eigenvalue weighted by Crippen LogP contribution is -2.30. The van der Waals surface area contributed by atoms with Gasteiger partial charge in [0.2, 0.25) is 5.75 Å². The van der Waals surface area contributed by atoms with E-state index in [9.17, 15) is 14.7 Å². The number of methoxy groups -OCH3 is 4. The number of anilines is 1. The number of aliphatic hydroxyl groups excluding tert-OH is 1. The standard InChI is InChI=1S/C29H29NO7/c1-16-9-7-8-10-21(16)30-25(18-14-22(35-4)28(37-6)23(15-18)36-5)24(27(32)29(30)33)26(31)20-12-11-19(34-3)13-17(20)2/h7-15,25,31H,1-6H3/b26-24+. The van der Waals surface area contributed by atoms with Crippen molar-refractivity contribution in [3.63, 3.8) is 0 Å². The number of carbonyl (C=O) groups excluding carboxylic acids is 2. The molecule has 1 saturated heterocycles. The summed E-state index contributed by atoms with van der Waals surface area (Å²) in [6.07, 6.45) is 0. The predicted molar refractivity (Wildman–Crippen MR) is 140 cm³/mol. The number of rotatable bonds is 7. The molecule has 1 unspecified atom stereocenters. The van der Waals surface area contributed by atoms with E-state index in [1.54, 1.807) is 56.5 Å². The number of hydrogen-bond acceptors (Lipinski definition) is 7. The SMILES string of the molecule is COc1ccc(/C(O)=C2\C(=O)C(=O)N(c3ccccc3C)C2c2cc(OC)c(OC)c(OC)c2)c(C)c1. The van der Waals surface area contributed by atoms with Gasteiger partial charge in [-0.3, -0.25) is 14.5 Å². The van der Waals surface area contributed by atoms with Crippen LogP contribution in [0.5, 0.6) is 23.0 Å². The molecule has 1 aliphatic rings. The molecule has 1 N–H and O–H groups in total. The first-order valence-electron chi connectivity index (χ1n) is 11.6. The van der Waals surface area contributed by atoms with Gasteiger partial charge in [-0.25, -0.2) is 0 Å². The van der Waals surface area contributed by atoms with Crippen LogP contribution < -0.4 is 23.8 Å². The predicted octanol–water partition coefficient (Wildman–Crippen LogP) is 4.96. The van der Waals surface area contributed by atoms with Crippen molar-refractivity contribution in [3.05, 3.63) is 82.4 Å². The number of amides is 1. The van der Waals surface area contributed by atoms with Gasteiger partial charge in [0.05, 0.1) is 40.1 Å². The quantitative estimate of drug-likeness (QED) is 0.277. The molecule has 0 radical (unpaired) electrons. The lowest BCUT2D eigenvalue weighted by Gasteiger charge is -2.28. The van der Waals surface area contributed by atoms with Gasteiger partial charge in [-0.05, 0) is 66.9 Å². The molecular weight excluding hydrogens is 474 g/mol. The van der Waals surface area contributed by atoms with Crippen LogP contribution in [0.2, 0.25) is 0 Å². The molecule has 192 valence electrons. The highest BCUT2D eigenvalue weighted by Crippen LogP contribution is 2.47. The molecule has 8 nitrogen and oxygen atoms in total. The summed E-state index contributed by atoms with van der Waals surface area (Å²) in [6.45, 7) is 3.65. The fourth-order valence-corrected chi connectivity index (χ4v) is 4.66. The van der Waals surface area contributed by atoms with Crippen molar-refractivity contribution < 1.29 is 33.6 Å². The zero-order chi connectivity index (χ0) is 26.9. The molecule has 1 amide bonds. The third-order valence-corrected chi connectivity index (χ3v) is 6.51. The van der Waals surface area contributed by atoms with Crippen molar-refractivity contribution in [1.29, 1.82) is 0 Å². The molecule has 1 atom stereocenters.